The summed E-state index contributed by atoms with van der Waals surface area (Å²) in [7, 11) is 1.92. The van der Waals surface area contributed by atoms with Crippen LogP contribution in [-0.4, -0.2) is 15.6 Å². The number of carbonyl (C=O) groups is 1. The molecule has 0 aliphatic heterocycles. The van der Waals surface area contributed by atoms with Gasteiger partial charge >= 0.3 is 0 Å². The molecule has 0 aromatic carbocycles. The highest BCUT2D eigenvalue weighted by Crippen LogP contribution is 2.26. The number of Topliss-reactive ketones (excluding diaryl/α,β-unsaturated/α-hetero) is 1. The topological polar surface area (TPSA) is 34.9 Å². The van der Waals surface area contributed by atoms with Gasteiger partial charge in [-0.3, -0.25) is 9.48 Å². The number of nitrogens with zero attached hydrogens (tertiary/aromatic N) is 2. The first kappa shape index (κ1) is 13.4. The smallest absolute Gasteiger partial charge is 0.133 e. The molecule has 1 atom stereocenters. The third kappa shape index (κ3) is 2.73. The highest BCUT2D eigenvalue weighted by molar-refractivity contribution is 9.10. The molecular formula is C12H19BrN2O. The Hall–Kier alpha value is -0.640. The SMILES string of the molecule is CC(=O)C(Cc1c(Br)c(C)nn1C)C(C)C. The van der Waals surface area contributed by atoms with Crippen molar-refractivity contribution in [2.45, 2.75) is 34.1 Å². The zero-order valence-electron chi connectivity index (χ0n) is 10.5. The molecule has 0 amide bonds. The van der Waals surface area contributed by atoms with Crippen LogP contribution in [0.5, 0.6) is 0 Å². The van der Waals surface area contributed by atoms with Crippen LogP contribution in [0.15, 0.2) is 4.47 Å². The number of aromatic nitrogens is 2. The highest BCUT2D eigenvalue weighted by atomic mass is 79.9. The van der Waals surface area contributed by atoms with Crippen molar-refractivity contribution in [1.82, 2.24) is 9.78 Å². The van der Waals surface area contributed by atoms with Gasteiger partial charge < -0.3 is 0 Å². The summed E-state index contributed by atoms with van der Waals surface area (Å²) in [5.74, 6) is 0.687. The Morgan fingerprint density at radius 3 is 2.38 bits per heavy atom. The monoisotopic (exact) mass is 286 g/mol. The predicted molar refractivity (Wildman–Crippen MR) is 68.4 cm³/mol. The molecule has 0 radical (unpaired) electrons. The van der Waals surface area contributed by atoms with E-state index in [9.17, 15) is 4.79 Å². The summed E-state index contributed by atoms with van der Waals surface area (Å²) >= 11 is 3.53. The quantitative estimate of drug-likeness (QED) is 0.853. The zero-order valence-corrected chi connectivity index (χ0v) is 12.1. The Morgan fingerprint density at radius 2 is 2.06 bits per heavy atom. The van der Waals surface area contributed by atoms with Crippen molar-refractivity contribution in [2.24, 2.45) is 18.9 Å². The first-order valence-corrected chi connectivity index (χ1v) is 6.32. The van der Waals surface area contributed by atoms with E-state index in [1.807, 2.05) is 18.7 Å². The molecule has 90 valence electrons. The number of hydrogen-bond donors (Lipinski definition) is 0. The predicted octanol–water partition coefficient (Wildman–Crippen LogP) is 2.89. The fourth-order valence-electron chi connectivity index (χ4n) is 1.96. The van der Waals surface area contributed by atoms with Crippen molar-refractivity contribution in [2.75, 3.05) is 0 Å². The summed E-state index contributed by atoms with van der Waals surface area (Å²) in [6, 6.07) is 0. The van der Waals surface area contributed by atoms with Gasteiger partial charge in [-0.15, -0.1) is 0 Å². The first-order valence-electron chi connectivity index (χ1n) is 5.53. The molecule has 1 unspecified atom stereocenters. The van der Waals surface area contributed by atoms with Crippen LogP contribution in [-0.2, 0) is 18.3 Å². The van der Waals surface area contributed by atoms with E-state index in [1.165, 1.54) is 0 Å². The minimum absolute atomic E-state index is 0.0751. The third-order valence-electron chi connectivity index (χ3n) is 3.00. The molecule has 0 fully saturated rings. The molecule has 16 heavy (non-hydrogen) atoms. The van der Waals surface area contributed by atoms with Gasteiger partial charge in [0.25, 0.3) is 0 Å². The minimum atomic E-state index is 0.0751. The van der Waals surface area contributed by atoms with Crippen LogP contribution >= 0.6 is 15.9 Å². The second kappa shape index (κ2) is 5.13. The molecule has 1 aromatic rings. The van der Waals surface area contributed by atoms with Gasteiger partial charge in [0.05, 0.1) is 15.9 Å². The van der Waals surface area contributed by atoms with Gasteiger partial charge in [-0.05, 0) is 35.7 Å². The normalized spacial score (nSPS) is 13.2. The third-order valence-corrected chi connectivity index (χ3v) is 4.03. The van der Waals surface area contributed by atoms with Gasteiger partial charge in [0, 0.05) is 19.4 Å². The largest absolute Gasteiger partial charge is 0.300 e. The second-order valence-corrected chi connectivity index (χ2v) is 5.43. The molecule has 4 heteroatoms. The molecule has 1 aromatic heterocycles. The average Bonchev–Trinajstić information content (AvgIpc) is 2.38. The van der Waals surface area contributed by atoms with Crippen LogP contribution in [0.25, 0.3) is 0 Å². The number of ketones is 1. The van der Waals surface area contributed by atoms with Gasteiger partial charge in [-0.1, -0.05) is 13.8 Å². The van der Waals surface area contributed by atoms with Crippen LogP contribution in [0, 0.1) is 18.8 Å². The average molecular weight is 287 g/mol. The van der Waals surface area contributed by atoms with E-state index in [0.29, 0.717) is 5.92 Å². The Balaban J connectivity index is 2.98. The minimum Gasteiger partial charge on any atom is -0.300 e. The molecule has 0 N–H and O–H groups in total. The van der Waals surface area contributed by atoms with Crippen molar-refractivity contribution in [3.05, 3.63) is 15.9 Å². The number of rotatable bonds is 4. The molecule has 0 aliphatic carbocycles. The van der Waals surface area contributed by atoms with Gasteiger partial charge in [0.15, 0.2) is 0 Å². The Bertz CT molecular complexity index is 396. The fraction of sp³-hybridized carbons (Fsp3) is 0.667. The van der Waals surface area contributed by atoms with E-state index in [0.717, 1.165) is 22.3 Å². The van der Waals surface area contributed by atoms with Crippen molar-refractivity contribution in [1.29, 1.82) is 0 Å². The Labute approximate surface area is 105 Å². The van der Waals surface area contributed by atoms with E-state index >= 15 is 0 Å². The first-order chi connectivity index (χ1) is 7.34. The van der Waals surface area contributed by atoms with Gasteiger partial charge in [0.1, 0.15) is 5.78 Å². The van der Waals surface area contributed by atoms with E-state index in [1.54, 1.807) is 6.92 Å². The molecule has 1 heterocycles. The van der Waals surface area contributed by atoms with Crippen molar-refractivity contribution >= 4 is 21.7 Å². The van der Waals surface area contributed by atoms with Crippen LogP contribution in [0.3, 0.4) is 0 Å². The summed E-state index contributed by atoms with van der Waals surface area (Å²) in [4.78, 5) is 11.6. The van der Waals surface area contributed by atoms with Crippen molar-refractivity contribution in [3.63, 3.8) is 0 Å². The maximum Gasteiger partial charge on any atom is 0.133 e. The maximum atomic E-state index is 11.6. The molecule has 0 spiro atoms. The molecule has 0 saturated carbocycles. The van der Waals surface area contributed by atoms with Crippen LogP contribution in [0.4, 0.5) is 0 Å². The van der Waals surface area contributed by atoms with Crippen molar-refractivity contribution in [3.8, 4) is 0 Å². The van der Waals surface area contributed by atoms with Gasteiger partial charge in [-0.25, -0.2) is 0 Å². The molecule has 3 nitrogen and oxygen atoms in total. The lowest BCUT2D eigenvalue weighted by atomic mass is 9.88. The highest BCUT2D eigenvalue weighted by Gasteiger charge is 2.22. The number of aryl methyl sites for hydroxylation is 2. The number of halogens is 1. The van der Waals surface area contributed by atoms with Crippen molar-refractivity contribution < 1.29 is 4.79 Å². The summed E-state index contributed by atoms with van der Waals surface area (Å²) in [6.45, 7) is 7.81. The molecular weight excluding hydrogens is 268 g/mol. The molecule has 0 bridgehead atoms. The van der Waals surface area contributed by atoms with E-state index in [2.05, 4.69) is 34.9 Å². The Morgan fingerprint density at radius 1 is 1.50 bits per heavy atom. The van der Waals surface area contributed by atoms with E-state index in [4.69, 9.17) is 0 Å². The summed E-state index contributed by atoms with van der Waals surface area (Å²) in [5.41, 5.74) is 2.08. The fourth-order valence-corrected chi connectivity index (χ4v) is 2.46. The number of carbonyl (C=O) groups excluding carboxylic acids is 1. The molecule has 0 aliphatic rings. The van der Waals surface area contributed by atoms with Crippen LogP contribution in [0.2, 0.25) is 0 Å². The lowest BCUT2D eigenvalue weighted by Gasteiger charge is -2.17. The maximum absolute atomic E-state index is 11.6. The zero-order chi connectivity index (χ0) is 12.5. The Kier molecular flexibility index (Phi) is 4.30. The lowest BCUT2D eigenvalue weighted by Crippen LogP contribution is -2.21. The second-order valence-electron chi connectivity index (χ2n) is 4.63. The summed E-state index contributed by atoms with van der Waals surface area (Å²) < 4.78 is 2.89. The van der Waals surface area contributed by atoms with Crippen LogP contribution < -0.4 is 0 Å². The lowest BCUT2D eigenvalue weighted by molar-refractivity contribution is -0.122. The standard InChI is InChI=1S/C12H19BrN2O/c1-7(2)10(9(4)16)6-11-12(13)8(3)14-15(11)5/h7,10H,6H2,1-5H3. The van der Waals surface area contributed by atoms with Gasteiger partial charge in [0.2, 0.25) is 0 Å². The molecule has 1 rings (SSSR count). The van der Waals surface area contributed by atoms with E-state index in [-0.39, 0.29) is 11.7 Å². The van der Waals surface area contributed by atoms with Gasteiger partial charge in [-0.2, -0.15) is 5.10 Å². The number of hydrogen-bond acceptors (Lipinski definition) is 2. The van der Waals surface area contributed by atoms with Crippen LogP contribution in [0.1, 0.15) is 32.2 Å². The summed E-state index contributed by atoms with van der Waals surface area (Å²) in [6.07, 6.45) is 0.755. The molecule has 0 saturated heterocycles. The summed E-state index contributed by atoms with van der Waals surface area (Å²) in [5, 5.41) is 4.34. The van der Waals surface area contributed by atoms with E-state index < -0.39 is 0 Å².